The van der Waals surface area contributed by atoms with E-state index < -0.39 is 5.41 Å². The highest BCUT2D eigenvalue weighted by molar-refractivity contribution is 6.22. The van der Waals surface area contributed by atoms with E-state index in [1.165, 1.54) is 0 Å². The monoisotopic (exact) mass is 398 g/mol. The van der Waals surface area contributed by atoms with Gasteiger partial charge in [-0.3, -0.25) is 0 Å². The van der Waals surface area contributed by atoms with Crippen molar-refractivity contribution in [3.8, 4) is 5.75 Å². The van der Waals surface area contributed by atoms with Crippen LogP contribution >= 0.6 is 11.6 Å². The minimum atomic E-state index is -0.558. The molecule has 0 fully saturated rings. The van der Waals surface area contributed by atoms with Gasteiger partial charge in [0.1, 0.15) is 5.75 Å². The Kier molecular flexibility index (Phi) is 5.69. The molecule has 1 atom stereocenters. The zero-order chi connectivity index (χ0) is 20.1. The Morgan fingerprint density at radius 2 is 1.00 bits per heavy atom. The van der Waals surface area contributed by atoms with Crippen molar-refractivity contribution >= 4 is 11.6 Å². The van der Waals surface area contributed by atoms with Crippen LogP contribution in [0.15, 0.2) is 115 Å². The Morgan fingerprint density at radius 1 is 0.586 bits per heavy atom. The summed E-state index contributed by atoms with van der Waals surface area (Å²) < 4.78 is 5.41. The topological polar surface area (TPSA) is 9.23 Å². The molecule has 1 nitrogen and oxygen atoms in total. The Morgan fingerprint density at radius 3 is 1.45 bits per heavy atom. The van der Waals surface area contributed by atoms with Gasteiger partial charge >= 0.3 is 0 Å². The summed E-state index contributed by atoms with van der Waals surface area (Å²) in [4.78, 5) is 0. The first-order valence-corrected chi connectivity index (χ1v) is 10.1. The van der Waals surface area contributed by atoms with Crippen molar-refractivity contribution in [1.29, 1.82) is 0 Å². The van der Waals surface area contributed by atoms with E-state index in [1.807, 2.05) is 42.5 Å². The number of benzene rings is 4. The van der Waals surface area contributed by atoms with Crippen LogP contribution in [0.4, 0.5) is 0 Å². The fourth-order valence-corrected chi connectivity index (χ4v) is 4.59. The lowest BCUT2D eigenvalue weighted by Gasteiger charge is -2.40. The Hall–Kier alpha value is -3.03. The van der Waals surface area contributed by atoms with Crippen LogP contribution in [0.2, 0.25) is 0 Å². The van der Waals surface area contributed by atoms with Crippen molar-refractivity contribution in [3.05, 3.63) is 138 Å². The second-order valence-electron chi connectivity index (χ2n) is 7.04. The third kappa shape index (κ3) is 3.54. The molecule has 4 aromatic rings. The number of hydrogen-bond acceptors (Lipinski definition) is 1. The summed E-state index contributed by atoms with van der Waals surface area (Å²) in [5.41, 5.74) is 3.95. The fraction of sp³-hybridized carbons (Fsp3) is 0.111. The number of ether oxygens (including phenoxy) is 1. The lowest BCUT2D eigenvalue weighted by atomic mass is 9.65. The standard InChI is InChI=1S/C27H23ClO/c1-29-25-19-17-24(18-20-25)27(22-13-7-3-8-14-22,23-15-9-4-10-16-23)26(28)21-11-5-2-6-12-21/h2-20,26H,1H3. The van der Waals surface area contributed by atoms with Gasteiger partial charge in [0.25, 0.3) is 0 Å². The first-order valence-electron chi connectivity index (χ1n) is 9.71. The summed E-state index contributed by atoms with van der Waals surface area (Å²) >= 11 is 7.37. The van der Waals surface area contributed by atoms with Crippen LogP contribution in [0.5, 0.6) is 5.75 Å². The zero-order valence-electron chi connectivity index (χ0n) is 16.3. The van der Waals surface area contributed by atoms with Gasteiger partial charge < -0.3 is 4.74 Å². The largest absolute Gasteiger partial charge is 0.497 e. The van der Waals surface area contributed by atoms with Crippen LogP contribution in [-0.2, 0) is 5.41 Å². The quantitative estimate of drug-likeness (QED) is 0.250. The molecule has 0 spiro atoms. The van der Waals surface area contributed by atoms with Crippen LogP contribution in [0.1, 0.15) is 27.6 Å². The van der Waals surface area contributed by atoms with E-state index >= 15 is 0 Å². The molecule has 0 amide bonds. The summed E-state index contributed by atoms with van der Waals surface area (Å²) in [7, 11) is 1.69. The molecule has 0 saturated carbocycles. The predicted molar refractivity (Wildman–Crippen MR) is 121 cm³/mol. The first kappa shape index (κ1) is 19.3. The first-order chi connectivity index (χ1) is 14.3. The van der Waals surface area contributed by atoms with Crippen molar-refractivity contribution in [3.63, 3.8) is 0 Å². The van der Waals surface area contributed by atoms with Crippen molar-refractivity contribution in [2.24, 2.45) is 0 Å². The van der Waals surface area contributed by atoms with Gasteiger partial charge in [-0.25, -0.2) is 0 Å². The third-order valence-corrected chi connectivity index (χ3v) is 6.06. The van der Waals surface area contributed by atoms with Crippen molar-refractivity contribution in [2.45, 2.75) is 10.8 Å². The molecule has 0 heterocycles. The molecule has 0 aliphatic heterocycles. The van der Waals surface area contributed by atoms with Crippen LogP contribution in [0.3, 0.4) is 0 Å². The minimum Gasteiger partial charge on any atom is -0.497 e. The molecule has 0 saturated heterocycles. The molecule has 4 rings (SSSR count). The Balaban J connectivity index is 2.05. The minimum absolute atomic E-state index is 0.304. The van der Waals surface area contributed by atoms with Gasteiger partial charge in [0, 0.05) is 0 Å². The maximum Gasteiger partial charge on any atom is 0.118 e. The van der Waals surface area contributed by atoms with Gasteiger partial charge in [-0.1, -0.05) is 103 Å². The second-order valence-corrected chi connectivity index (χ2v) is 7.48. The van der Waals surface area contributed by atoms with Gasteiger partial charge in [0.2, 0.25) is 0 Å². The van der Waals surface area contributed by atoms with Gasteiger partial charge in [-0.15, -0.1) is 11.6 Å². The zero-order valence-corrected chi connectivity index (χ0v) is 17.1. The molecule has 4 aromatic carbocycles. The van der Waals surface area contributed by atoms with Crippen LogP contribution in [0.25, 0.3) is 0 Å². The van der Waals surface area contributed by atoms with Crippen molar-refractivity contribution in [1.82, 2.24) is 0 Å². The number of hydrogen-bond donors (Lipinski definition) is 0. The lowest BCUT2D eigenvalue weighted by Crippen LogP contribution is -2.34. The van der Waals surface area contributed by atoms with Crippen LogP contribution in [-0.4, -0.2) is 7.11 Å². The van der Waals surface area contributed by atoms with E-state index in [4.69, 9.17) is 16.3 Å². The third-order valence-electron chi connectivity index (χ3n) is 5.48. The van der Waals surface area contributed by atoms with E-state index in [-0.39, 0.29) is 5.38 Å². The van der Waals surface area contributed by atoms with Crippen LogP contribution < -0.4 is 4.74 Å². The van der Waals surface area contributed by atoms with Gasteiger partial charge in [-0.2, -0.15) is 0 Å². The smallest absolute Gasteiger partial charge is 0.118 e. The molecule has 0 aliphatic carbocycles. The molecule has 0 bridgehead atoms. The molecule has 29 heavy (non-hydrogen) atoms. The summed E-state index contributed by atoms with van der Waals surface area (Å²) in [5.74, 6) is 0.828. The highest BCUT2D eigenvalue weighted by Gasteiger charge is 2.43. The predicted octanol–water partition coefficient (Wildman–Crippen LogP) is 7.01. The SMILES string of the molecule is COc1ccc(C(c2ccccc2)(c2ccccc2)C(Cl)c2ccccc2)cc1. The summed E-state index contributed by atoms with van der Waals surface area (Å²) in [6.07, 6.45) is 0. The Bertz CT molecular complexity index is 989. The molecule has 0 radical (unpaired) electrons. The molecule has 1 unspecified atom stereocenters. The number of methoxy groups -OCH3 is 1. The van der Waals surface area contributed by atoms with E-state index in [0.29, 0.717) is 0 Å². The summed E-state index contributed by atoms with van der Waals surface area (Å²) in [5, 5.41) is -0.304. The molecule has 2 heteroatoms. The number of alkyl halides is 1. The molecule has 144 valence electrons. The molecular weight excluding hydrogens is 376 g/mol. The van der Waals surface area contributed by atoms with Gasteiger partial charge in [-0.05, 0) is 34.4 Å². The number of halogens is 1. The maximum atomic E-state index is 7.37. The van der Waals surface area contributed by atoms with E-state index in [2.05, 4.69) is 72.8 Å². The molecule has 0 N–H and O–H groups in total. The van der Waals surface area contributed by atoms with Gasteiger partial charge in [0.05, 0.1) is 17.9 Å². The van der Waals surface area contributed by atoms with Crippen molar-refractivity contribution in [2.75, 3.05) is 7.11 Å². The lowest BCUT2D eigenvalue weighted by molar-refractivity contribution is 0.414. The van der Waals surface area contributed by atoms with E-state index in [9.17, 15) is 0 Å². The molecular formula is C27H23ClO. The van der Waals surface area contributed by atoms with E-state index in [0.717, 1.165) is 28.0 Å². The Labute approximate surface area is 177 Å². The van der Waals surface area contributed by atoms with Crippen LogP contribution in [0, 0.1) is 0 Å². The summed E-state index contributed by atoms with van der Waals surface area (Å²) in [6.45, 7) is 0. The summed E-state index contributed by atoms with van der Waals surface area (Å²) in [6, 6.07) is 39.6. The molecule has 0 aromatic heterocycles. The molecule has 0 aliphatic rings. The van der Waals surface area contributed by atoms with E-state index in [1.54, 1.807) is 7.11 Å². The highest BCUT2D eigenvalue weighted by Crippen LogP contribution is 2.51. The second kappa shape index (κ2) is 8.55. The number of rotatable bonds is 6. The van der Waals surface area contributed by atoms with Crippen molar-refractivity contribution < 1.29 is 4.74 Å². The normalized spacial score (nSPS) is 12.3. The maximum absolute atomic E-state index is 7.37. The fourth-order valence-electron chi connectivity index (χ4n) is 4.07. The average Bonchev–Trinajstić information content (AvgIpc) is 2.82. The average molecular weight is 399 g/mol. The van der Waals surface area contributed by atoms with Gasteiger partial charge in [0.15, 0.2) is 0 Å². The highest BCUT2D eigenvalue weighted by atomic mass is 35.5.